The van der Waals surface area contributed by atoms with Crippen LogP contribution in [0.5, 0.6) is 0 Å². The Morgan fingerprint density at radius 2 is 1.60 bits per heavy atom. The Bertz CT molecular complexity index is 1560. The summed E-state index contributed by atoms with van der Waals surface area (Å²) in [7, 11) is 0. The van der Waals surface area contributed by atoms with Crippen LogP contribution in [0.25, 0.3) is 16.9 Å². The average molecular weight is 501 g/mol. The molecule has 0 bridgehead atoms. The number of hydrogen-bond acceptors (Lipinski definition) is 3. The summed E-state index contributed by atoms with van der Waals surface area (Å²) in [5.74, 6) is -0.577. The van der Waals surface area contributed by atoms with Gasteiger partial charge in [0.05, 0.1) is 33.2 Å². The average Bonchev–Trinajstić information content (AvgIpc) is 3.31. The minimum Gasteiger partial charge on any atom is -0.322 e. The van der Waals surface area contributed by atoms with E-state index in [-0.39, 0.29) is 22.4 Å². The summed E-state index contributed by atoms with van der Waals surface area (Å²) >= 11 is 12.2. The maximum Gasteiger partial charge on any atom is 0.257 e. The second kappa shape index (κ2) is 9.62. The van der Waals surface area contributed by atoms with Crippen molar-refractivity contribution in [2.75, 3.05) is 10.6 Å². The van der Waals surface area contributed by atoms with Crippen LogP contribution in [0, 0.1) is 0 Å². The number of carbonyl (C=O) groups is 2. The van der Waals surface area contributed by atoms with Gasteiger partial charge in [-0.25, -0.2) is 4.98 Å². The van der Waals surface area contributed by atoms with Crippen molar-refractivity contribution >= 4 is 52.0 Å². The first-order valence-corrected chi connectivity index (χ1v) is 11.4. The van der Waals surface area contributed by atoms with E-state index in [1.165, 1.54) is 0 Å². The van der Waals surface area contributed by atoms with Crippen molar-refractivity contribution in [2.45, 2.75) is 0 Å². The van der Waals surface area contributed by atoms with Crippen LogP contribution in [0.1, 0.15) is 20.7 Å². The third-order valence-electron chi connectivity index (χ3n) is 5.43. The fraction of sp³-hybridized carbons (Fsp3) is 0. The van der Waals surface area contributed by atoms with E-state index in [1.807, 2.05) is 53.1 Å². The number of fused-ring (bicyclic) bond motifs is 1. The van der Waals surface area contributed by atoms with Gasteiger partial charge in [0.25, 0.3) is 11.8 Å². The van der Waals surface area contributed by atoms with Crippen LogP contribution >= 0.6 is 23.2 Å². The molecule has 0 atom stereocenters. The van der Waals surface area contributed by atoms with E-state index >= 15 is 0 Å². The fourth-order valence-electron chi connectivity index (χ4n) is 3.74. The Hall–Kier alpha value is -4.13. The predicted molar refractivity (Wildman–Crippen MR) is 139 cm³/mol. The molecule has 2 heterocycles. The summed E-state index contributed by atoms with van der Waals surface area (Å²) in [6.45, 7) is 0. The van der Waals surface area contributed by atoms with E-state index in [9.17, 15) is 9.59 Å². The maximum atomic E-state index is 12.7. The van der Waals surface area contributed by atoms with Gasteiger partial charge in [0.2, 0.25) is 0 Å². The zero-order chi connectivity index (χ0) is 24.4. The molecule has 0 aliphatic rings. The highest BCUT2D eigenvalue weighted by molar-refractivity contribution is 6.44. The van der Waals surface area contributed by atoms with Crippen molar-refractivity contribution in [1.82, 2.24) is 9.38 Å². The number of pyridine rings is 1. The number of carbonyl (C=O) groups excluding carboxylic acids is 2. The minimum absolute atomic E-state index is 0.203. The molecule has 0 unspecified atom stereocenters. The molecule has 2 aromatic heterocycles. The van der Waals surface area contributed by atoms with Gasteiger partial charge in [-0.1, -0.05) is 59.6 Å². The molecule has 8 heteroatoms. The summed E-state index contributed by atoms with van der Waals surface area (Å²) in [5, 5.41) is 6.31. The number of benzene rings is 3. The highest BCUT2D eigenvalue weighted by atomic mass is 35.5. The molecule has 5 rings (SSSR count). The molecule has 2 N–H and O–H groups in total. The lowest BCUT2D eigenvalue weighted by Crippen LogP contribution is -2.12. The lowest BCUT2D eigenvalue weighted by Gasteiger charge is -2.10. The molecule has 3 aromatic carbocycles. The standard InChI is InChI=1S/C27H18Cl2N4O2/c28-21-12-5-11-20(24(21)29)27(35)31-19-10-4-9-18(15-19)23-16-30-25-22(13-6-14-33(23)25)32-26(34)17-7-2-1-3-8-17/h1-16H,(H,31,35)(H,32,34). The largest absolute Gasteiger partial charge is 0.322 e. The smallest absolute Gasteiger partial charge is 0.257 e. The lowest BCUT2D eigenvalue weighted by atomic mass is 10.1. The van der Waals surface area contributed by atoms with Crippen LogP contribution in [-0.2, 0) is 0 Å². The van der Waals surface area contributed by atoms with Crippen molar-refractivity contribution in [1.29, 1.82) is 0 Å². The van der Waals surface area contributed by atoms with Crippen LogP contribution in [0.4, 0.5) is 11.4 Å². The zero-order valence-electron chi connectivity index (χ0n) is 18.2. The quantitative estimate of drug-likeness (QED) is 0.278. The predicted octanol–water partition coefficient (Wildman–Crippen LogP) is 6.81. The van der Waals surface area contributed by atoms with Gasteiger partial charge in [0.1, 0.15) is 0 Å². The molecule has 0 saturated heterocycles. The molecular formula is C27H18Cl2N4O2. The van der Waals surface area contributed by atoms with Crippen LogP contribution in [0.2, 0.25) is 10.0 Å². The number of imidazole rings is 1. The van der Waals surface area contributed by atoms with E-state index in [0.29, 0.717) is 27.6 Å². The van der Waals surface area contributed by atoms with Gasteiger partial charge in [0.15, 0.2) is 5.65 Å². The second-order valence-electron chi connectivity index (χ2n) is 7.72. The molecule has 0 aliphatic heterocycles. The van der Waals surface area contributed by atoms with Gasteiger partial charge >= 0.3 is 0 Å². The molecule has 0 fully saturated rings. The number of nitrogens with zero attached hydrogens (tertiary/aromatic N) is 2. The van der Waals surface area contributed by atoms with Crippen LogP contribution < -0.4 is 10.6 Å². The van der Waals surface area contributed by atoms with Gasteiger partial charge in [0, 0.05) is 23.0 Å². The molecule has 0 spiro atoms. The first-order valence-electron chi connectivity index (χ1n) is 10.7. The zero-order valence-corrected chi connectivity index (χ0v) is 19.7. The highest BCUT2D eigenvalue weighted by Crippen LogP contribution is 2.29. The van der Waals surface area contributed by atoms with Gasteiger partial charge in [-0.05, 0) is 48.5 Å². The number of aromatic nitrogens is 2. The summed E-state index contributed by atoms with van der Waals surface area (Å²) < 4.78 is 1.88. The topological polar surface area (TPSA) is 75.5 Å². The number of rotatable bonds is 5. The van der Waals surface area contributed by atoms with Crippen molar-refractivity contribution in [3.05, 3.63) is 118 Å². The molecule has 5 aromatic rings. The van der Waals surface area contributed by atoms with E-state index < -0.39 is 0 Å². The maximum absolute atomic E-state index is 12.7. The summed E-state index contributed by atoms with van der Waals surface area (Å²) in [6, 6.07) is 24.9. The summed E-state index contributed by atoms with van der Waals surface area (Å²) in [6.07, 6.45) is 3.59. The lowest BCUT2D eigenvalue weighted by molar-refractivity contribution is 0.101. The van der Waals surface area contributed by atoms with E-state index in [1.54, 1.807) is 48.7 Å². The third kappa shape index (κ3) is 4.62. The number of halogens is 2. The molecule has 35 heavy (non-hydrogen) atoms. The highest BCUT2D eigenvalue weighted by Gasteiger charge is 2.15. The Morgan fingerprint density at radius 3 is 2.43 bits per heavy atom. The fourth-order valence-corrected chi connectivity index (χ4v) is 4.13. The van der Waals surface area contributed by atoms with Gasteiger partial charge in [-0.15, -0.1) is 0 Å². The molecule has 0 radical (unpaired) electrons. The molecule has 0 saturated carbocycles. The monoisotopic (exact) mass is 500 g/mol. The molecular weight excluding hydrogens is 483 g/mol. The number of nitrogens with one attached hydrogen (secondary N) is 2. The Labute approximate surface area is 211 Å². The Morgan fingerprint density at radius 1 is 0.800 bits per heavy atom. The van der Waals surface area contributed by atoms with Crippen LogP contribution in [-0.4, -0.2) is 21.2 Å². The van der Waals surface area contributed by atoms with E-state index in [4.69, 9.17) is 23.2 Å². The number of hydrogen-bond donors (Lipinski definition) is 2. The van der Waals surface area contributed by atoms with Crippen molar-refractivity contribution in [3.63, 3.8) is 0 Å². The van der Waals surface area contributed by atoms with Gasteiger partial charge < -0.3 is 10.6 Å². The first kappa shape index (κ1) is 22.7. The Balaban J connectivity index is 1.43. The van der Waals surface area contributed by atoms with Crippen molar-refractivity contribution in [2.24, 2.45) is 0 Å². The molecule has 172 valence electrons. The summed E-state index contributed by atoms with van der Waals surface area (Å²) in [4.78, 5) is 29.9. The van der Waals surface area contributed by atoms with E-state index in [0.717, 1.165) is 11.3 Å². The summed E-state index contributed by atoms with van der Waals surface area (Å²) in [5.41, 5.74) is 4.26. The number of amides is 2. The normalized spacial score (nSPS) is 10.8. The molecule has 0 aliphatic carbocycles. The van der Waals surface area contributed by atoms with Crippen LogP contribution in [0.15, 0.2) is 97.3 Å². The third-order valence-corrected chi connectivity index (χ3v) is 6.25. The van der Waals surface area contributed by atoms with Gasteiger partial charge in [-0.3, -0.25) is 14.0 Å². The first-order chi connectivity index (χ1) is 17.0. The molecule has 2 amide bonds. The van der Waals surface area contributed by atoms with Crippen molar-refractivity contribution in [3.8, 4) is 11.3 Å². The minimum atomic E-state index is -0.362. The van der Waals surface area contributed by atoms with Crippen LogP contribution in [0.3, 0.4) is 0 Å². The van der Waals surface area contributed by atoms with Gasteiger partial charge in [-0.2, -0.15) is 0 Å². The van der Waals surface area contributed by atoms with Crippen molar-refractivity contribution < 1.29 is 9.59 Å². The molecule has 6 nitrogen and oxygen atoms in total. The SMILES string of the molecule is O=C(Nc1cccn2c(-c3cccc(NC(=O)c4cccc(Cl)c4Cl)c3)cnc12)c1ccccc1. The Kier molecular flexibility index (Phi) is 6.23. The number of anilines is 2. The second-order valence-corrected chi connectivity index (χ2v) is 8.50. The van der Waals surface area contributed by atoms with E-state index in [2.05, 4.69) is 15.6 Å².